The van der Waals surface area contributed by atoms with Gasteiger partial charge in [-0.15, -0.1) is 5.10 Å². The quantitative estimate of drug-likeness (QED) is 0.828. The lowest BCUT2D eigenvalue weighted by atomic mass is 9.82. The molecule has 0 aliphatic heterocycles. The topological polar surface area (TPSA) is 83.0 Å². The summed E-state index contributed by atoms with van der Waals surface area (Å²) in [5, 5.41) is 7.66. The molecule has 2 unspecified atom stereocenters. The van der Waals surface area contributed by atoms with Crippen molar-refractivity contribution in [3.63, 3.8) is 0 Å². The number of hydrogen-bond acceptors (Lipinski definition) is 5. The van der Waals surface area contributed by atoms with Gasteiger partial charge in [0.15, 0.2) is 5.69 Å². The Kier molecular flexibility index (Phi) is 4.52. The van der Waals surface area contributed by atoms with Crippen LogP contribution in [0, 0.1) is 11.8 Å². The molecule has 0 amide bonds. The third-order valence-corrected chi connectivity index (χ3v) is 3.51. The minimum atomic E-state index is -0.380. The van der Waals surface area contributed by atoms with E-state index in [0.717, 1.165) is 12.8 Å². The summed E-state index contributed by atoms with van der Waals surface area (Å²) in [5.74, 6) is 0.832. The molecule has 0 spiro atoms. The summed E-state index contributed by atoms with van der Waals surface area (Å²) in [6.45, 7) is 5.43. The number of esters is 1. The Morgan fingerprint density at radius 2 is 2.11 bits per heavy atom. The Hall–Kier alpha value is -1.43. The number of rotatable bonds is 4. The molecule has 2 rings (SSSR count). The molecule has 0 aromatic carbocycles. The molecule has 1 saturated carbocycles. The van der Waals surface area contributed by atoms with E-state index >= 15 is 0 Å². The van der Waals surface area contributed by atoms with Gasteiger partial charge in [0.25, 0.3) is 0 Å². The fraction of sp³-hybridized carbons (Fsp3) is 0.769. The predicted octanol–water partition coefficient (Wildman–Crippen LogP) is 1.22. The zero-order chi connectivity index (χ0) is 13.8. The SMILES string of the molecule is CC1CC(C)CC(OC(=O)c2cn(CCN)nn2)C1. The third-order valence-electron chi connectivity index (χ3n) is 3.51. The van der Waals surface area contributed by atoms with Gasteiger partial charge in [0, 0.05) is 6.54 Å². The molecular weight excluding hydrogens is 244 g/mol. The van der Waals surface area contributed by atoms with Crippen LogP contribution < -0.4 is 5.73 Å². The van der Waals surface area contributed by atoms with Crippen molar-refractivity contribution in [3.05, 3.63) is 11.9 Å². The standard InChI is InChI=1S/C13H22N4O2/c1-9-5-10(2)7-11(6-9)19-13(18)12-8-17(4-3-14)16-15-12/h8-11H,3-7,14H2,1-2H3. The number of nitrogens with zero attached hydrogens (tertiary/aromatic N) is 3. The summed E-state index contributed by atoms with van der Waals surface area (Å²) in [7, 11) is 0. The molecule has 6 nitrogen and oxygen atoms in total. The van der Waals surface area contributed by atoms with Crippen LogP contribution in [0.3, 0.4) is 0 Å². The monoisotopic (exact) mass is 266 g/mol. The first-order valence-electron chi connectivity index (χ1n) is 6.89. The summed E-state index contributed by atoms with van der Waals surface area (Å²) >= 11 is 0. The van der Waals surface area contributed by atoms with E-state index in [9.17, 15) is 4.79 Å². The second-order valence-corrected chi connectivity index (χ2v) is 5.60. The maximum atomic E-state index is 12.0. The van der Waals surface area contributed by atoms with E-state index in [1.807, 2.05) is 0 Å². The Labute approximate surface area is 113 Å². The van der Waals surface area contributed by atoms with E-state index in [2.05, 4.69) is 24.2 Å². The molecule has 0 radical (unpaired) electrons. The minimum absolute atomic E-state index is 0.00547. The van der Waals surface area contributed by atoms with E-state index < -0.39 is 0 Å². The molecule has 19 heavy (non-hydrogen) atoms. The van der Waals surface area contributed by atoms with Crippen molar-refractivity contribution in [2.45, 2.75) is 45.8 Å². The molecule has 1 aromatic rings. The second kappa shape index (κ2) is 6.14. The van der Waals surface area contributed by atoms with Gasteiger partial charge in [-0.05, 0) is 31.1 Å². The third kappa shape index (κ3) is 3.76. The highest BCUT2D eigenvalue weighted by atomic mass is 16.5. The number of carbonyl (C=O) groups is 1. The van der Waals surface area contributed by atoms with Crippen LogP contribution in [-0.4, -0.2) is 33.6 Å². The largest absolute Gasteiger partial charge is 0.458 e. The van der Waals surface area contributed by atoms with Crippen molar-refractivity contribution in [1.82, 2.24) is 15.0 Å². The molecule has 1 heterocycles. The first-order chi connectivity index (χ1) is 9.08. The normalized spacial score (nSPS) is 27.2. The highest BCUT2D eigenvalue weighted by Crippen LogP contribution is 2.30. The van der Waals surface area contributed by atoms with Crippen LogP contribution in [0.1, 0.15) is 43.6 Å². The van der Waals surface area contributed by atoms with Crippen molar-refractivity contribution >= 4 is 5.97 Å². The lowest BCUT2D eigenvalue weighted by molar-refractivity contribution is 0.00744. The molecule has 106 valence electrons. The fourth-order valence-corrected chi connectivity index (χ4v) is 2.81. The Morgan fingerprint density at radius 3 is 2.74 bits per heavy atom. The molecule has 0 saturated heterocycles. The van der Waals surface area contributed by atoms with Gasteiger partial charge in [-0.2, -0.15) is 0 Å². The molecule has 1 aliphatic carbocycles. The van der Waals surface area contributed by atoms with E-state index in [1.165, 1.54) is 6.42 Å². The average Bonchev–Trinajstić information content (AvgIpc) is 2.76. The average molecular weight is 266 g/mol. The van der Waals surface area contributed by atoms with Crippen LogP contribution >= 0.6 is 0 Å². The molecule has 2 atom stereocenters. The van der Waals surface area contributed by atoms with Crippen molar-refractivity contribution < 1.29 is 9.53 Å². The van der Waals surface area contributed by atoms with Gasteiger partial charge in [0.05, 0.1) is 12.7 Å². The number of aromatic nitrogens is 3. The van der Waals surface area contributed by atoms with Gasteiger partial charge < -0.3 is 10.5 Å². The molecule has 1 fully saturated rings. The first kappa shape index (κ1) is 14.0. The fourth-order valence-electron chi connectivity index (χ4n) is 2.81. The van der Waals surface area contributed by atoms with Crippen LogP contribution in [0.25, 0.3) is 0 Å². The summed E-state index contributed by atoms with van der Waals surface area (Å²) in [4.78, 5) is 12.0. The lowest BCUT2D eigenvalue weighted by Gasteiger charge is -2.30. The van der Waals surface area contributed by atoms with Crippen molar-refractivity contribution in [2.75, 3.05) is 6.54 Å². The molecule has 2 N–H and O–H groups in total. The molecule has 6 heteroatoms. The van der Waals surface area contributed by atoms with Crippen LogP contribution in [-0.2, 0) is 11.3 Å². The number of nitrogens with two attached hydrogens (primary N) is 1. The lowest BCUT2D eigenvalue weighted by Crippen LogP contribution is -2.28. The van der Waals surface area contributed by atoms with Gasteiger partial charge in [-0.1, -0.05) is 19.1 Å². The van der Waals surface area contributed by atoms with Crippen molar-refractivity contribution in [2.24, 2.45) is 17.6 Å². The van der Waals surface area contributed by atoms with Crippen LogP contribution in [0.15, 0.2) is 6.20 Å². The highest BCUT2D eigenvalue weighted by Gasteiger charge is 2.27. The number of carbonyl (C=O) groups excluding carboxylic acids is 1. The Balaban J connectivity index is 1.92. The summed E-state index contributed by atoms with van der Waals surface area (Å²) < 4.78 is 7.08. The minimum Gasteiger partial charge on any atom is -0.458 e. The van der Waals surface area contributed by atoms with Crippen LogP contribution in [0.4, 0.5) is 0 Å². The Bertz CT molecular complexity index is 422. The Morgan fingerprint density at radius 1 is 1.42 bits per heavy atom. The summed E-state index contributed by atoms with van der Waals surface area (Å²) in [6, 6.07) is 0. The van der Waals surface area contributed by atoms with Gasteiger partial charge in [-0.3, -0.25) is 4.68 Å². The molecule has 1 aliphatic rings. The summed E-state index contributed by atoms with van der Waals surface area (Å²) in [5.41, 5.74) is 5.68. The summed E-state index contributed by atoms with van der Waals surface area (Å²) in [6.07, 6.45) is 4.68. The molecule has 1 aromatic heterocycles. The second-order valence-electron chi connectivity index (χ2n) is 5.60. The maximum absolute atomic E-state index is 12.0. The van der Waals surface area contributed by atoms with E-state index in [4.69, 9.17) is 10.5 Å². The predicted molar refractivity (Wildman–Crippen MR) is 70.5 cm³/mol. The van der Waals surface area contributed by atoms with Crippen molar-refractivity contribution in [1.29, 1.82) is 0 Å². The zero-order valence-corrected chi connectivity index (χ0v) is 11.6. The first-order valence-corrected chi connectivity index (χ1v) is 6.89. The number of hydrogen-bond donors (Lipinski definition) is 1. The molecule has 0 bridgehead atoms. The molecular formula is C13H22N4O2. The number of ether oxygens (including phenoxy) is 1. The highest BCUT2D eigenvalue weighted by molar-refractivity contribution is 5.86. The van der Waals surface area contributed by atoms with Gasteiger partial charge >= 0.3 is 5.97 Å². The smallest absolute Gasteiger partial charge is 0.360 e. The van der Waals surface area contributed by atoms with Crippen molar-refractivity contribution in [3.8, 4) is 0 Å². The van der Waals surface area contributed by atoms with E-state index in [0.29, 0.717) is 24.9 Å². The zero-order valence-electron chi connectivity index (χ0n) is 11.6. The van der Waals surface area contributed by atoms with E-state index in [1.54, 1.807) is 10.9 Å². The van der Waals surface area contributed by atoms with E-state index in [-0.39, 0.29) is 17.8 Å². The van der Waals surface area contributed by atoms with Crippen LogP contribution in [0.2, 0.25) is 0 Å². The van der Waals surface area contributed by atoms with Crippen LogP contribution in [0.5, 0.6) is 0 Å². The van der Waals surface area contributed by atoms with Gasteiger partial charge in [0.2, 0.25) is 0 Å². The maximum Gasteiger partial charge on any atom is 0.360 e. The van der Waals surface area contributed by atoms with Gasteiger partial charge in [-0.25, -0.2) is 4.79 Å². The van der Waals surface area contributed by atoms with Gasteiger partial charge in [0.1, 0.15) is 6.10 Å².